The van der Waals surface area contributed by atoms with E-state index in [0.29, 0.717) is 12.4 Å². The minimum Gasteiger partial charge on any atom is -0.355 e. The van der Waals surface area contributed by atoms with Gasteiger partial charge in [0.05, 0.1) is 12.7 Å². The van der Waals surface area contributed by atoms with E-state index in [9.17, 15) is 0 Å². The molecule has 7 nitrogen and oxygen atoms in total. The number of hydrogen-bond acceptors (Lipinski definition) is 4. The Bertz CT molecular complexity index is 1340. The number of amidine groups is 1. The van der Waals surface area contributed by atoms with Gasteiger partial charge in [0.1, 0.15) is 5.84 Å². The van der Waals surface area contributed by atoms with Crippen LogP contribution in [0.15, 0.2) is 83.7 Å². The van der Waals surface area contributed by atoms with Crippen molar-refractivity contribution in [3.63, 3.8) is 0 Å². The van der Waals surface area contributed by atoms with Crippen LogP contribution in [0.1, 0.15) is 16.8 Å². The summed E-state index contributed by atoms with van der Waals surface area (Å²) in [5.74, 6) is 0.710. The Hall–Kier alpha value is -4.23. The Kier molecular flexibility index (Phi) is 7.15. The molecule has 0 aliphatic heterocycles. The molecular formula is C27H29N7. The van der Waals surface area contributed by atoms with E-state index in [4.69, 9.17) is 4.99 Å². The SMILES string of the molecule is C=Cc1cc2ccc(C/N=C(\C=C/N=C)Nc3ccc(-c4cn[nH]c4)cc3CN(C)C)cc2[nH]1. The van der Waals surface area contributed by atoms with Crippen LogP contribution in [-0.2, 0) is 13.1 Å². The van der Waals surface area contributed by atoms with Crippen LogP contribution < -0.4 is 5.32 Å². The van der Waals surface area contributed by atoms with Gasteiger partial charge in [-0.05, 0) is 73.9 Å². The van der Waals surface area contributed by atoms with Gasteiger partial charge in [-0.1, -0.05) is 24.8 Å². The summed E-state index contributed by atoms with van der Waals surface area (Å²) in [7, 11) is 4.11. The fourth-order valence-corrected chi connectivity index (χ4v) is 3.75. The summed E-state index contributed by atoms with van der Waals surface area (Å²) >= 11 is 0. The molecule has 7 heteroatoms. The maximum absolute atomic E-state index is 4.82. The molecule has 2 aromatic carbocycles. The van der Waals surface area contributed by atoms with Crippen molar-refractivity contribution in [1.29, 1.82) is 0 Å². The first-order valence-electron chi connectivity index (χ1n) is 11.0. The van der Waals surface area contributed by atoms with Crippen LogP contribution in [-0.4, -0.2) is 46.7 Å². The Balaban J connectivity index is 1.61. The predicted molar refractivity (Wildman–Crippen MR) is 143 cm³/mol. The number of aromatic amines is 2. The molecule has 0 aliphatic rings. The molecule has 0 bridgehead atoms. The number of aromatic nitrogens is 3. The number of anilines is 1. The zero-order valence-electron chi connectivity index (χ0n) is 19.5. The molecule has 0 aliphatic carbocycles. The zero-order chi connectivity index (χ0) is 23.9. The van der Waals surface area contributed by atoms with E-state index < -0.39 is 0 Å². The monoisotopic (exact) mass is 451 g/mol. The Labute approximate surface area is 199 Å². The average molecular weight is 452 g/mol. The number of H-pyrrole nitrogens is 2. The molecule has 172 valence electrons. The number of fused-ring (bicyclic) bond motifs is 1. The summed E-state index contributed by atoms with van der Waals surface area (Å²) in [6, 6.07) is 14.7. The summed E-state index contributed by atoms with van der Waals surface area (Å²) < 4.78 is 0. The number of rotatable bonds is 9. The second kappa shape index (κ2) is 10.6. The smallest absolute Gasteiger partial charge is 0.127 e. The van der Waals surface area contributed by atoms with Crippen molar-refractivity contribution >= 4 is 35.2 Å². The summed E-state index contributed by atoms with van der Waals surface area (Å²) in [6.07, 6.45) is 9.01. The maximum Gasteiger partial charge on any atom is 0.127 e. The van der Waals surface area contributed by atoms with Crippen LogP contribution in [0.2, 0.25) is 0 Å². The molecule has 0 saturated heterocycles. The van der Waals surface area contributed by atoms with E-state index in [0.717, 1.165) is 51.1 Å². The quantitative estimate of drug-likeness (QED) is 0.232. The van der Waals surface area contributed by atoms with E-state index in [1.807, 2.05) is 24.5 Å². The third kappa shape index (κ3) is 5.57. The van der Waals surface area contributed by atoms with Gasteiger partial charge in [0, 0.05) is 46.8 Å². The van der Waals surface area contributed by atoms with Crippen molar-refractivity contribution in [2.75, 3.05) is 19.4 Å². The van der Waals surface area contributed by atoms with Crippen molar-refractivity contribution in [2.24, 2.45) is 9.98 Å². The van der Waals surface area contributed by atoms with Crippen LogP contribution in [0.3, 0.4) is 0 Å². The van der Waals surface area contributed by atoms with Gasteiger partial charge in [0.25, 0.3) is 0 Å². The van der Waals surface area contributed by atoms with Crippen LogP contribution in [0.25, 0.3) is 28.1 Å². The normalized spacial score (nSPS) is 12.0. The largest absolute Gasteiger partial charge is 0.355 e. The topological polar surface area (TPSA) is 84.5 Å². The lowest BCUT2D eigenvalue weighted by Crippen LogP contribution is -2.16. The Morgan fingerprint density at radius 2 is 2.03 bits per heavy atom. The third-order valence-electron chi connectivity index (χ3n) is 5.38. The number of nitrogens with one attached hydrogen (secondary N) is 3. The summed E-state index contributed by atoms with van der Waals surface area (Å²) in [5, 5.41) is 11.6. The average Bonchev–Trinajstić information content (AvgIpc) is 3.51. The molecule has 2 heterocycles. The lowest BCUT2D eigenvalue weighted by molar-refractivity contribution is 0.403. The number of nitrogens with zero attached hydrogens (tertiary/aromatic N) is 4. The lowest BCUT2D eigenvalue weighted by atomic mass is 10.0. The molecule has 4 aromatic rings. The fourth-order valence-electron chi connectivity index (χ4n) is 3.75. The highest BCUT2D eigenvalue weighted by Crippen LogP contribution is 2.26. The van der Waals surface area contributed by atoms with Gasteiger partial charge in [0.15, 0.2) is 0 Å². The second-order valence-corrected chi connectivity index (χ2v) is 8.27. The first-order valence-corrected chi connectivity index (χ1v) is 11.0. The zero-order valence-corrected chi connectivity index (χ0v) is 19.5. The molecule has 3 N–H and O–H groups in total. The highest BCUT2D eigenvalue weighted by Gasteiger charge is 2.09. The van der Waals surface area contributed by atoms with Gasteiger partial charge >= 0.3 is 0 Å². The van der Waals surface area contributed by atoms with Crippen molar-refractivity contribution in [2.45, 2.75) is 13.1 Å². The van der Waals surface area contributed by atoms with E-state index in [1.165, 1.54) is 0 Å². The molecule has 0 unspecified atom stereocenters. The minimum absolute atomic E-state index is 0.526. The van der Waals surface area contributed by atoms with Gasteiger partial charge in [-0.25, -0.2) is 0 Å². The van der Waals surface area contributed by atoms with Gasteiger partial charge in [-0.2, -0.15) is 5.10 Å². The highest BCUT2D eigenvalue weighted by molar-refractivity contribution is 6.04. The molecule has 0 amide bonds. The molecule has 34 heavy (non-hydrogen) atoms. The molecule has 0 fully saturated rings. The van der Waals surface area contributed by atoms with Crippen LogP contribution >= 0.6 is 0 Å². The highest BCUT2D eigenvalue weighted by atomic mass is 15.1. The standard InChI is InChI=1S/C27H29N7/c1-5-24-14-21-7-6-19(12-26(21)32-24)15-29-27(10-11-28-2)33-25-9-8-20(23-16-30-31-17-23)13-22(25)18-34(3)4/h5-14,16-17,32H,1-2,15,18H2,3-4H3,(H,29,33)(H,30,31)/b11-10-. The number of benzene rings is 2. The van der Waals surface area contributed by atoms with Gasteiger partial charge in [0.2, 0.25) is 0 Å². The van der Waals surface area contributed by atoms with E-state index in [-0.39, 0.29) is 0 Å². The van der Waals surface area contributed by atoms with Crippen molar-refractivity contribution in [3.05, 3.63) is 90.5 Å². The third-order valence-corrected chi connectivity index (χ3v) is 5.38. The Morgan fingerprint density at radius 1 is 1.15 bits per heavy atom. The van der Waals surface area contributed by atoms with Crippen molar-refractivity contribution in [3.8, 4) is 11.1 Å². The first kappa shape index (κ1) is 22.9. The Morgan fingerprint density at radius 3 is 2.76 bits per heavy atom. The number of aliphatic imine (C=N–C) groups is 2. The molecule has 0 radical (unpaired) electrons. The summed E-state index contributed by atoms with van der Waals surface area (Å²) in [6.45, 7) is 8.69. The van der Waals surface area contributed by atoms with Crippen molar-refractivity contribution in [1.82, 2.24) is 20.1 Å². The molecule has 0 spiro atoms. The molecule has 2 aromatic heterocycles. The van der Waals surface area contributed by atoms with Gasteiger partial charge in [-0.15, -0.1) is 0 Å². The first-order chi connectivity index (χ1) is 16.6. The number of hydrogen-bond donors (Lipinski definition) is 3. The molecule has 0 saturated carbocycles. The van der Waals surface area contributed by atoms with Crippen LogP contribution in [0.5, 0.6) is 0 Å². The molecule has 0 atom stereocenters. The van der Waals surface area contributed by atoms with Crippen molar-refractivity contribution < 1.29 is 0 Å². The van der Waals surface area contributed by atoms with Gasteiger partial charge in [-0.3, -0.25) is 15.1 Å². The fraction of sp³-hybridized carbons (Fsp3) is 0.148. The second-order valence-electron chi connectivity index (χ2n) is 8.27. The van der Waals surface area contributed by atoms with Crippen LogP contribution in [0.4, 0.5) is 5.69 Å². The minimum atomic E-state index is 0.526. The summed E-state index contributed by atoms with van der Waals surface area (Å²) in [4.78, 5) is 14.2. The molecular weight excluding hydrogens is 422 g/mol. The van der Waals surface area contributed by atoms with Gasteiger partial charge < -0.3 is 15.2 Å². The maximum atomic E-state index is 4.82. The van der Waals surface area contributed by atoms with E-state index >= 15 is 0 Å². The van der Waals surface area contributed by atoms with Crippen LogP contribution in [0, 0.1) is 0 Å². The van der Waals surface area contributed by atoms with E-state index in [2.05, 4.69) is 100 Å². The summed E-state index contributed by atoms with van der Waals surface area (Å²) in [5.41, 5.74) is 7.48. The molecule has 4 rings (SSSR count). The van der Waals surface area contributed by atoms with E-state index in [1.54, 1.807) is 6.20 Å². The predicted octanol–water partition coefficient (Wildman–Crippen LogP) is 5.49. The lowest BCUT2D eigenvalue weighted by Gasteiger charge is -2.17.